The van der Waals surface area contributed by atoms with Crippen molar-refractivity contribution in [3.05, 3.63) is 24.3 Å². The summed E-state index contributed by atoms with van der Waals surface area (Å²) in [5.41, 5.74) is 7.46. The summed E-state index contributed by atoms with van der Waals surface area (Å²) in [5.74, 6) is 0.0673. The van der Waals surface area contributed by atoms with E-state index in [1.807, 2.05) is 24.3 Å². The molecule has 0 saturated heterocycles. The third kappa shape index (κ3) is 3.24. The number of nitrogens with two attached hydrogens (primary N) is 1. The lowest BCUT2D eigenvalue weighted by atomic mass is 10.3. The summed E-state index contributed by atoms with van der Waals surface area (Å²) in [6, 6.07) is 7.55. The molecule has 2 aromatic rings. The molecule has 1 aromatic heterocycles. The fourth-order valence-corrected chi connectivity index (χ4v) is 1.97. The van der Waals surface area contributed by atoms with Crippen molar-refractivity contribution in [2.75, 3.05) is 12.3 Å². The summed E-state index contributed by atoms with van der Waals surface area (Å²) in [6.45, 7) is 2.69. The number of imidazole rings is 1. The van der Waals surface area contributed by atoms with Crippen LogP contribution in [0, 0.1) is 0 Å². The quantitative estimate of drug-likeness (QED) is 0.640. The van der Waals surface area contributed by atoms with Crippen LogP contribution in [0.3, 0.4) is 0 Å². The van der Waals surface area contributed by atoms with Crippen molar-refractivity contribution in [3.8, 4) is 0 Å². The van der Waals surface area contributed by atoms with Gasteiger partial charge in [-0.05, 0) is 18.6 Å². The molecule has 0 bridgehead atoms. The van der Waals surface area contributed by atoms with Gasteiger partial charge in [0.2, 0.25) is 5.95 Å². The monoisotopic (exact) mass is 261 g/mol. The fraction of sp³-hybridized carbons (Fsp3) is 0.429. The number of ether oxygens (including phenoxy) is 1. The number of aromatic nitrogens is 2. The lowest BCUT2D eigenvalue weighted by molar-refractivity contribution is -0.144. The third-order valence-corrected chi connectivity index (χ3v) is 2.98. The van der Waals surface area contributed by atoms with Gasteiger partial charge in [0.25, 0.3) is 0 Å². The molecule has 1 heterocycles. The van der Waals surface area contributed by atoms with Crippen molar-refractivity contribution in [1.82, 2.24) is 9.55 Å². The number of para-hydroxylation sites is 2. The summed E-state index contributed by atoms with van der Waals surface area (Å²) in [4.78, 5) is 16.0. The number of unbranched alkanes of at least 4 members (excludes halogenated alkanes) is 2. The molecule has 0 fully saturated rings. The van der Waals surface area contributed by atoms with Gasteiger partial charge in [0, 0.05) is 0 Å². The van der Waals surface area contributed by atoms with E-state index in [0.717, 1.165) is 30.3 Å². The van der Waals surface area contributed by atoms with E-state index in [9.17, 15) is 4.79 Å². The molecular weight excluding hydrogens is 242 g/mol. The summed E-state index contributed by atoms with van der Waals surface area (Å²) in [6.07, 6.45) is 3.09. The molecule has 102 valence electrons. The van der Waals surface area contributed by atoms with Gasteiger partial charge in [0.05, 0.1) is 17.6 Å². The Balaban J connectivity index is 2.00. The van der Waals surface area contributed by atoms with Crippen molar-refractivity contribution < 1.29 is 9.53 Å². The summed E-state index contributed by atoms with van der Waals surface area (Å²) < 4.78 is 6.86. The van der Waals surface area contributed by atoms with Crippen LogP contribution in [-0.2, 0) is 16.1 Å². The highest BCUT2D eigenvalue weighted by Crippen LogP contribution is 2.17. The zero-order chi connectivity index (χ0) is 13.7. The van der Waals surface area contributed by atoms with E-state index in [0.29, 0.717) is 12.6 Å². The van der Waals surface area contributed by atoms with Gasteiger partial charge >= 0.3 is 5.97 Å². The van der Waals surface area contributed by atoms with E-state index >= 15 is 0 Å². The number of carbonyl (C=O) groups is 1. The van der Waals surface area contributed by atoms with Crippen LogP contribution in [0.15, 0.2) is 24.3 Å². The minimum atomic E-state index is -0.272. The first-order valence-electron chi connectivity index (χ1n) is 6.58. The largest absolute Gasteiger partial charge is 0.464 e. The molecule has 2 N–H and O–H groups in total. The molecule has 0 radical (unpaired) electrons. The van der Waals surface area contributed by atoms with E-state index < -0.39 is 0 Å². The molecular formula is C14H19N3O2. The summed E-state index contributed by atoms with van der Waals surface area (Å²) in [7, 11) is 0. The van der Waals surface area contributed by atoms with Gasteiger partial charge in [-0.25, -0.2) is 4.98 Å². The van der Waals surface area contributed by atoms with Crippen LogP contribution in [0.4, 0.5) is 5.95 Å². The number of rotatable bonds is 6. The lowest BCUT2D eigenvalue weighted by Gasteiger charge is -2.07. The van der Waals surface area contributed by atoms with Gasteiger partial charge in [0.15, 0.2) is 0 Å². The topological polar surface area (TPSA) is 70.1 Å². The second-order valence-corrected chi connectivity index (χ2v) is 4.47. The van der Waals surface area contributed by atoms with Gasteiger partial charge in [-0.3, -0.25) is 9.36 Å². The number of esters is 1. The second-order valence-electron chi connectivity index (χ2n) is 4.47. The van der Waals surface area contributed by atoms with Crippen LogP contribution < -0.4 is 5.73 Å². The van der Waals surface area contributed by atoms with E-state index in [2.05, 4.69) is 11.9 Å². The van der Waals surface area contributed by atoms with Gasteiger partial charge in [-0.1, -0.05) is 31.9 Å². The van der Waals surface area contributed by atoms with Gasteiger partial charge in [-0.2, -0.15) is 0 Å². The van der Waals surface area contributed by atoms with E-state index in [1.165, 1.54) is 0 Å². The third-order valence-electron chi connectivity index (χ3n) is 2.98. The van der Waals surface area contributed by atoms with E-state index in [-0.39, 0.29) is 12.5 Å². The van der Waals surface area contributed by atoms with Crippen molar-refractivity contribution in [3.63, 3.8) is 0 Å². The molecule has 1 aromatic carbocycles. The highest BCUT2D eigenvalue weighted by molar-refractivity contribution is 5.80. The van der Waals surface area contributed by atoms with E-state index in [1.54, 1.807) is 4.57 Å². The molecule has 0 atom stereocenters. The normalized spacial score (nSPS) is 10.8. The van der Waals surface area contributed by atoms with Crippen LogP contribution in [0.5, 0.6) is 0 Å². The maximum absolute atomic E-state index is 11.7. The first-order valence-corrected chi connectivity index (χ1v) is 6.58. The maximum Gasteiger partial charge on any atom is 0.326 e. The Morgan fingerprint density at radius 3 is 2.95 bits per heavy atom. The average molecular weight is 261 g/mol. The maximum atomic E-state index is 11.7. The summed E-state index contributed by atoms with van der Waals surface area (Å²) >= 11 is 0. The van der Waals surface area contributed by atoms with Crippen molar-refractivity contribution in [2.24, 2.45) is 0 Å². The molecule has 19 heavy (non-hydrogen) atoms. The van der Waals surface area contributed by atoms with Gasteiger partial charge < -0.3 is 10.5 Å². The van der Waals surface area contributed by atoms with Crippen molar-refractivity contribution in [1.29, 1.82) is 0 Å². The Bertz CT molecular complexity index is 563. The lowest BCUT2D eigenvalue weighted by Crippen LogP contribution is -2.15. The van der Waals surface area contributed by atoms with Crippen LogP contribution in [0.25, 0.3) is 11.0 Å². The molecule has 0 spiro atoms. The van der Waals surface area contributed by atoms with Crippen LogP contribution in [0.1, 0.15) is 26.2 Å². The number of nitrogen functional groups attached to an aromatic ring is 1. The predicted molar refractivity (Wildman–Crippen MR) is 74.6 cm³/mol. The molecule has 0 amide bonds. The first-order chi connectivity index (χ1) is 9.22. The van der Waals surface area contributed by atoms with Crippen LogP contribution in [-0.4, -0.2) is 22.1 Å². The Morgan fingerprint density at radius 1 is 1.37 bits per heavy atom. The molecule has 2 rings (SSSR count). The molecule has 5 nitrogen and oxygen atoms in total. The summed E-state index contributed by atoms with van der Waals surface area (Å²) in [5, 5.41) is 0. The Morgan fingerprint density at radius 2 is 2.16 bits per heavy atom. The van der Waals surface area contributed by atoms with Crippen LogP contribution >= 0.6 is 0 Å². The molecule has 0 aliphatic carbocycles. The molecule has 0 aliphatic heterocycles. The average Bonchev–Trinajstić information content (AvgIpc) is 2.72. The number of hydrogen-bond donors (Lipinski definition) is 1. The number of benzene rings is 1. The standard InChI is InChI=1S/C14H19N3O2/c1-2-3-6-9-19-13(18)10-17-12-8-5-4-7-11(12)16-14(17)15/h4-5,7-8H,2-3,6,9-10H2,1H3,(H2,15,16). The number of anilines is 1. The Kier molecular flexibility index (Phi) is 4.39. The fourth-order valence-electron chi connectivity index (χ4n) is 1.97. The van der Waals surface area contributed by atoms with Crippen molar-refractivity contribution >= 4 is 23.0 Å². The Labute approximate surface area is 112 Å². The number of hydrogen-bond acceptors (Lipinski definition) is 4. The van der Waals surface area contributed by atoms with Crippen LogP contribution in [0.2, 0.25) is 0 Å². The van der Waals surface area contributed by atoms with E-state index in [4.69, 9.17) is 10.5 Å². The van der Waals surface area contributed by atoms with Gasteiger partial charge in [0.1, 0.15) is 6.54 Å². The minimum Gasteiger partial charge on any atom is -0.464 e. The Hall–Kier alpha value is -2.04. The smallest absolute Gasteiger partial charge is 0.326 e. The highest BCUT2D eigenvalue weighted by atomic mass is 16.5. The van der Waals surface area contributed by atoms with Crippen molar-refractivity contribution in [2.45, 2.75) is 32.7 Å². The molecule has 5 heteroatoms. The van der Waals surface area contributed by atoms with Gasteiger partial charge in [-0.15, -0.1) is 0 Å². The molecule has 0 aliphatic rings. The zero-order valence-corrected chi connectivity index (χ0v) is 11.1. The zero-order valence-electron chi connectivity index (χ0n) is 11.1. The number of fused-ring (bicyclic) bond motifs is 1. The predicted octanol–water partition coefficient (Wildman–Crippen LogP) is 2.35. The SMILES string of the molecule is CCCCCOC(=O)Cn1c(N)nc2ccccc21. The number of nitrogens with zero attached hydrogens (tertiary/aromatic N) is 2. The number of carbonyl (C=O) groups excluding carboxylic acids is 1. The second kappa shape index (κ2) is 6.22. The minimum absolute atomic E-state index is 0.110. The molecule has 0 unspecified atom stereocenters. The highest BCUT2D eigenvalue weighted by Gasteiger charge is 2.11. The molecule has 0 saturated carbocycles. The first kappa shape index (κ1) is 13.4.